The zero-order chi connectivity index (χ0) is 9.23. The topological polar surface area (TPSA) is 52.3 Å². The van der Waals surface area contributed by atoms with Gasteiger partial charge in [-0.15, -0.1) is 0 Å². The molecule has 0 atom stereocenters. The van der Waals surface area contributed by atoms with Gasteiger partial charge < -0.3 is 10.5 Å². The van der Waals surface area contributed by atoms with Crippen LogP contribution in [0.3, 0.4) is 0 Å². The summed E-state index contributed by atoms with van der Waals surface area (Å²) in [5, 5.41) is 0. The minimum Gasteiger partial charge on any atom is -0.468 e. The van der Waals surface area contributed by atoms with Crippen LogP contribution in [0.2, 0.25) is 0 Å². The van der Waals surface area contributed by atoms with Crippen LogP contribution in [-0.2, 0) is 9.53 Å². The summed E-state index contributed by atoms with van der Waals surface area (Å²) in [5.74, 6) is -0.380. The van der Waals surface area contributed by atoms with Crippen molar-refractivity contribution in [3.05, 3.63) is 24.3 Å². The molecule has 0 aromatic heterocycles. The fourth-order valence-corrected chi connectivity index (χ4v) is 0.625. The van der Waals surface area contributed by atoms with E-state index in [9.17, 15) is 4.79 Å². The third kappa shape index (κ3) is 7.02. The summed E-state index contributed by atoms with van der Waals surface area (Å²) >= 11 is 0. The lowest BCUT2D eigenvalue weighted by atomic mass is 10.2. The summed E-state index contributed by atoms with van der Waals surface area (Å²) in [4.78, 5) is 9.83. The van der Waals surface area contributed by atoms with Gasteiger partial charge >= 0.3 is 5.97 Å². The normalized spacial score (nSPS) is 13.2. The maximum absolute atomic E-state index is 9.83. The quantitative estimate of drug-likeness (QED) is 0.596. The van der Waals surface area contributed by atoms with Crippen molar-refractivity contribution in [1.82, 2.24) is 0 Å². The molecular weight excluding hydrogens is 154 g/mol. The van der Waals surface area contributed by atoms with Gasteiger partial charge in [0.1, 0.15) is 0 Å². The van der Waals surface area contributed by atoms with Gasteiger partial charge in [0.2, 0.25) is 0 Å². The van der Waals surface area contributed by atoms with Crippen LogP contribution in [0.25, 0.3) is 0 Å². The van der Waals surface area contributed by atoms with Gasteiger partial charge in [-0.1, -0.05) is 24.3 Å². The molecule has 0 spiro atoms. The zero-order valence-corrected chi connectivity index (χ0v) is 7.32. The molecule has 0 aromatic carbocycles. The number of carbonyl (C=O) groups is 1. The largest absolute Gasteiger partial charge is 0.468 e. The lowest BCUT2D eigenvalue weighted by molar-refractivity contribution is -0.138. The first-order chi connectivity index (χ1) is 5.81. The van der Waals surface area contributed by atoms with Crippen LogP contribution in [0.1, 0.15) is 12.8 Å². The maximum atomic E-state index is 9.83. The van der Waals surface area contributed by atoms with E-state index in [-0.39, 0.29) is 12.5 Å². The Morgan fingerprint density at radius 2 is 1.92 bits per heavy atom. The molecule has 0 aliphatic heterocycles. The highest BCUT2D eigenvalue weighted by Crippen LogP contribution is 1.98. The zero-order valence-electron chi connectivity index (χ0n) is 7.32. The van der Waals surface area contributed by atoms with Crippen LogP contribution in [-0.4, -0.2) is 19.6 Å². The first-order valence-electron chi connectivity index (χ1n) is 3.89. The molecule has 12 heavy (non-hydrogen) atoms. The first kappa shape index (κ1) is 10.9. The first-order valence-corrected chi connectivity index (χ1v) is 3.89. The number of methoxy groups -OCH3 is 1. The van der Waals surface area contributed by atoms with E-state index in [0.29, 0.717) is 0 Å². The second kappa shape index (κ2) is 8.01. The van der Waals surface area contributed by atoms with Crippen LogP contribution in [0.4, 0.5) is 0 Å². The standard InChI is InChI=1S/C6H8.C3H7NO2/c1-2-4-6-5-3-1;1-6-3(5)2-4/h1-4H,5-6H2;2,4H2,1H3. The van der Waals surface area contributed by atoms with Gasteiger partial charge in [0.25, 0.3) is 0 Å². The number of nitrogens with two attached hydrogens (primary N) is 1. The summed E-state index contributed by atoms with van der Waals surface area (Å²) in [7, 11) is 1.30. The summed E-state index contributed by atoms with van der Waals surface area (Å²) in [6, 6.07) is 0. The highest BCUT2D eigenvalue weighted by atomic mass is 16.5. The minimum atomic E-state index is -0.380. The van der Waals surface area contributed by atoms with Crippen LogP contribution >= 0.6 is 0 Å². The predicted octanol–water partition coefficient (Wildman–Crippen LogP) is 1.01. The molecule has 1 aliphatic rings. The second-order valence-corrected chi connectivity index (χ2v) is 2.21. The number of ether oxygens (including phenoxy) is 1. The van der Waals surface area contributed by atoms with Gasteiger partial charge in [0, 0.05) is 0 Å². The number of esters is 1. The molecule has 0 aromatic rings. The van der Waals surface area contributed by atoms with Gasteiger partial charge in [0.15, 0.2) is 0 Å². The van der Waals surface area contributed by atoms with Crippen molar-refractivity contribution in [3.8, 4) is 0 Å². The van der Waals surface area contributed by atoms with Crippen molar-refractivity contribution in [2.45, 2.75) is 12.8 Å². The molecular formula is C9H15NO2. The number of carbonyl (C=O) groups excluding carboxylic acids is 1. The molecule has 3 heteroatoms. The van der Waals surface area contributed by atoms with E-state index in [2.05, 4.69) is 29.0 Å². The summed E-state index contributed by atoms with van der Waals surface area (Å²) in [6.07, 6.45) is 11.0. The van der Waals surface area contributed by atoms with Crippen molar-refractivity contribution < 1.29 is 9.53 Å². The average molecular weight is 169 g/mol. The van der Waals surface area contributed by atoms with E-state index in [1.54, 1.807) is 0 Å². The molecule has 0 bridgehead atoms. The smallest absolute Gasteiger partial charge is 0.319 e. The van der Waals surface area contributed by atoms with E-state index in [4.69, 9.17) is 5.73 Å². The van der Waals surface area contributed by atoms with Crippen LogP contribution in [0.15, 0.2) is 24.3 Å². The third-order valence-corrected chi connectivity index (χ3v) is 1.28. The van der Waals surface area contributed by atoms with E-state index in [0.717, 1.165) is 0 Å². The Hall–Kier alpha value is -1.09. The molecule has 68 valence electrons. The van der Waals surface area contributed by atoms with Crippen molar-refractivity contribution in [1.29, 1.82) is 0 Å². The Morgan fingerprint density at radius 1 is 1.42 bits per heavy atom. The maximum Gasteiger partial charge on any atom is 0.319 e. The van der Waals surface area contributed by atoms with Gasteiger partial charge in [-0.2, -0.15) is 0 Å². The monoisotopic (exact) mass is 169 g/mol. The highest BCUT2D eigenvalue weighted by molar-refractivity contribution is 5.70. The average Bonchev–Trinajstić information content (AvgIpc) is 2.20. The van der Waals surface area contributed by atoms with Gasteiger partial charge in [-0.3, -0.25) is 4.79 Å². The number of hydrogen-bond acceptors (Lipinski definition) is 3. The Labute approximate surface area is 72.9 Å². The number of hydrogen-bond donors (Lipinski definition) is 1. The van der Waals surface area contributed by atoms with Crippen molar-refractivity contribution in [3.63, 3.8) is 0 Å². The van der Waals surface area contributed by atoms with E-state index in [1.165, 1.54) is 20.0 Å². The molecule has 2 N–H and O–H groups in total. The van der Waals surface area contributed by atoms with E-state index < -0.39 is 0 Å². The lowest BCUT2D eigenvalue weighted by Crippen LogP contribution is -2.14. The Kier molecular flexibility index (Phi) is 7.28. The number of rotatable bonds is 1. The molecule has 1 rings (SSSR count). The van der Waals surface area contributed by atoms with Crippen LogP contribution in [0.5, 0.6) is 0 Å². The molecule has 0 saturated carbocycles. The van der Waals surface area contributed by atoms with Crippen molar-refractivity contribution in [2.75, 3.05) is 13.7 Å². The molecule has 0 unspecified atom stereocenters. The molecule has 0 fully saturated rings. The lowest BCUT2D eigenvalue weighted by Gasteiger charge is -1.88. The Bertz CT molecular complexity index is 155. The van der Waals surface area contributed by atoms with E-state index in [1.807, 2.05) is 0 Å². The highest BCUT2D eigenvalue weighted by Gasteiger charge is 1.87. The van der Waals surface area contributed by atoms with Crippen LogP contribution in [0, 0.1) is 0 Å². The fourth-order valence-electron chi connectivity index (χ4n) is 0.625. The Morgan fingerprint density at radius 3 is 2.00 bits per heavy atom. The van der Waals surface area contributed by atoms with E-state index >= 15 is 0 Å². The molecule has 0 radical (unpaired) electrons. The summed E-state index contributed by atoms with van der Waals surface area (Å²) in [5.41, 5.74) is 4.81. The molecule has 0 amide bonds. The summed E-state index contributed by atoms with van der Waals surface area (Å²) < 4.78 is 4.14. The van der Waals surface area contributed by atoms with Gasteiger partial charge in [-0.05, 0) is 12.8 Å². The second-order valence-electron chi connectivity index (χ2n) is 2.21. The fraction of sp³-hybridized carbons (Fsp3) is 0.444. The van der Waals surface area contributed by atoms with Gasteiger partial charge in [0.05, 0.1) is 13.7 Å². The van der Waals surface area contributed by atoms with Gasteiger partial charge in [-0.25, -0.2) is 0 Å². The minimum absolute atomic E-state index is 0.0312. The Balaban J connectivity index is 0.000000202. The molecule has 1 aliphatic carbocycles. The number of allylic oxidation sites excluding steroid dienone is 4. The SMILES string of the molecule is C1=CCCC=C1.COC(=O)CN. The van der Waals surface area contributed by atoms with Crippen molar-refractivity contribution >= 4 is 5.97 Å². The van der Waals surface area contributed by atoms with Crippen molar-refractivity contribution in [2.24, 2.45) is 5.73 Å². The third-order valence-electron chi connectivity index (χ3n) is 1.28. The predicted molar refractivity (Wildman–Crippen MR) is 48.6 cm³/mol. The molecule has 0 saturated heterocycles. The molecule has 0 heterocycles. The molecule has 3 nitrogen and oxygen atoms in total. The summed E-state index contributed by atoms with van der Waals surface area (Å²) in [6.45, 7) is -0.0312. The van der Waals surface area contributed by atoms with Crippen LogP contribution < -0.4 is 5.73 Å².